The van der Waals surface area contributed by atoms with Gasteiger partial charge in [-0.3, -0.25) is 0 Å². The number of rotatable bonds is 26. The molecule has 0 aromatic carbocycles. The molecule has 26 nitrogen and oxygen atoms in total. The van der Waals surface area contributed by atoms with E-state index in [-0.39, 0.29) is 6.61 Å². The number of hydrogen-bond acceptors (Lipinski definition) is 26. The minimum Gasteiger partial charge on any atom is -0.394 e. The Hall–Kier alpha value is -7.28. The van der Waals surface area contributed by atoms with Gasteiger partial charge in [0.25, 0.3) is 0 Å². The molecule has 0 saturated carbocycles. The minimum atomic E-state index is -1.08. The fraction of sp³-hybridized carbons (Fsp3) is 0.0943. The normalized spacial score (nSPS) is 6.53. The van der Waals surface area contributed by atoms with Gasteiger partial charge in [0.2, 0.25) is 0 Å². The molecule has 0 amide bonds. The van der Waals surface area contributed by atoms with E-state index in [2.05, 4.69) is 436 Å². The van der Waals surface area contributed by atoms with E-state index in [0.29, 0.717) is 0 Å². The van der Waals surface area contributed by atoms with Crippen molar-refractivity contribution in [1.29, 1.82) is 0 Å². The Bertz CT molecular complexity index is 615. The van der Waals surface area contributed by atoms with Gasteiger partial charge in [-0.25, -0.2) is 9.78 Å². The molecular formula is C53H109NO25. The highest BCUT2D eigenvalue weighted by molar-refractivity contribution is 4.75. The van der Waals surface area contributed by atoms with E-state index in [1.165, 1.54) is 6.92 Å². The largest absolute Gasteiger partial charge is 0.394 e. The van der Waals surface area contributed by atoms with E-state index < -0.39 is 12.1 Å². The highest BCUT2D eigenvalue weighted by atomic mass is 18.0. The highest BCUT2D eigenvalue weighted by Gasteiger charge is 2.18. The topological polar surface area (TPSA) is 268 Å². The second-order valence-corrected chi connectivity index (χ2v) is 3.74. The molecule has 0 aromatic heterocycles. The van der Waals surface area contributed by atoms with Crippen LogP contribution in [0.15, 0.2) is 316 Å². The average Bonchev–Trinajstić information content (AvgIpc) is 3.61. The summed E-state index contributed by atoms with van der Waals surface area (Å²) in [7, 11) is 1.09. The Morgan fingerprint density at radius 1 is 0.228 bits per heavy atom. The zero-order chi connectivity index (χ0) is 70.9. The number of nitrogens with two attached hydrogens (primary N) is 1. The van der Waals surface area contributed by atoms with Crippen LogP contribution in [-0.2, 0) is 121 Å². The standard InChI is InChI=1S/C5H13NO25.24C2H4/c1-5(6,3-7)4-9-11-13-15-17-19-21-23-25-27-29-31-30-28-26-24-22-20-18-16-14-12-10-8-2;24*1-2/h7H,3-4,6H2,1-2H3;24*1-2H2. The molecule has 0 saturated heterocycles. The van der Waals surface area contributed by atoms with Gasteiger partial charge in [-0.05, 0) is 87.5 Å². The molecule has 0 aliphatic heterocycles. The Labute approximate surface area is 479 Å². The summed E-state index contributed by atoms with van der Waals surface area (Å²) in [6.07, 6.45) is 0. The van der Waals surface area contributed by atoms with E-state index in [9.17, 15) is 0 Å². The fourth-order valence-electron chi connectivity index (χ4n) is 0.479. The van der Waals surface area contributed by atoms with Crippen molar-refractivity contribution in [2.24, 2.45) is 5.73 Å². The summed E-state index contributed by atoms with van der Waals surface area (Å²) in [4.78, 5) is 8.22. The maximum atomic E-state index is 8.78. The van der Waals surface area contributed by atoms with Gasteiger partial charge in [-0.2, -0.15) is 0 Å². The van der Waals surface area contributed by atoms with Gasteiger partial charge in [0.15, 0.2) is 0 Å². The van der Waals surface area contributed by atoms with Gasteiger partial charge in [0.05, 0.1) is 19.3 Å². The molecule has 0 aromatic rings. The van der Waals surface area contributed by atoms with E-state index in [1.807, 2.05) is 0 Å². The lowest BCUT2D eigenvalue weighted by molar-refractivity contribution is -0.899. The molecule has 1 unspecified atom stereocenters. The lowest BCUT2D eigenvalue weighted by atomic mass is 10.1. The van der Waals surface area contributed by atoms with Crippen molar-refractivity contribution in [3.63, 3.8) is 0 Å². The molecule has 0 radical (unpaired) electrons. The predicted molar refractivity (Wildman–Crippen MR) is 327 cm³/mol. The number of aliphatic hydroxyl groups is 1. The molecule has 476 valence electrons. The molecule has 0 heterocycles. The minimum absolute atomic E-state index is 0.264. The van der Waals surface area contributed by atoms with Crippen LogP contribution in [0.1, 0.15) is 6.92 Å². The monoisotopic (exact) mass is 1160 g/mol. The predicted octanol–water partition coefficient (Wildman–Crippen LogP) is 17.0. The van der Waals surface area contributed by atoms with Crippen molar-refractivity contribution in [2.45, 2.75) is 12.5 Å². The van der Waals surface area contributed by atoms with Gasteiger partial charge in [0, 0.05) is 30.2 Å². The maximum absolute atomic E-state index is 8.78. The molecule has 0 aliphatic carbocycles. The first-order chi connectivity index (χ1) is 39.1. The van der Waals surface area contributed by atoms with Crippen molar-refractivity contribution in [3.05, 3.63) is 316 Å². The van der Waals surface area contributed by atoms with Crippen LogP contribution in [0.2, 0.25) is 0 Å². The van der Waals surface area contributed by atoms with E-state index in [1.54, 1.807) is 0 Å². The molecule has 1 atom stereocenters. The number of aliphatic hydroxyl groups excluding tert-OH is 1. The van der Waals surface area contributed by atoms with Gasteiger partial charge < -0.3 is 10.8 Å². The molecule has 3 N–H and O–H groups in total. The maximum Gasteiger partial charge on any atom is 0.105 e. The summed E-state index contributed by atoms with van der Waals surface area (Å²) in [6, 6.07) is 0. The van der Waals surface area contributed by atoms with Gasteiger partial charge in [-0.1, -0.05) is 0 Å². The van der Waals surface area contributed by atoms with E-state index in [0.717, 1.165) is 7.11 Å². The Morgan fingerprint density at radius 3 is 0.430 bits per heavy atom. The second kappa shape index (κ2) is 563. The summed E-state index contributed by atoms with van der Waals surface area (Å²) in [5, 5.41) is 87.8. The van der Waals surface area contributed by atoms with Gasteiger partial charge >= 0.3 is 0 Å². The molecule has 26 heteroatoms. The van der Waals surface area contributed by atoms with Crippen LogP contribution in [0.4, 0.5) is 0 Å². The third-order valence-corrected chi connectivity index (χ3v) is 1.45. The first-order valence-corrected chi connectivity index (χ1v) is 18.3. The van der Waals surface area contributed by atoms with Crippen LogP contribution in [0, 0.1) is 0 Å². The van der Waals surface area contributed by atoms with Crippen LogP contribution < -0.4 is 5.73 Å². The summed E-state index contributed by atoms with van der Waals surface area (Å²) < 4.78 is 0. The number of hydrogen-bond donors (Lipinski definition) is 2. The van der Waals surface area contributed by atoms with Crippen molar-refractivity contribution in [3.8, 4) is 0 Å². The Balaban J connectivity index is -0.0000000220. The molecular weight excluding hydrogens is 1050 g/mol. The quantitative estimate of drug-likeness (QED) is 0.0353. The average molecular weight is 1160 g/mol. The molecule has 79 heavy (non-hydrogen) atoms. The first-order valence-electron chi connectivity index (χ1n) is 18.3. The van der Waals surface area contributed by atoms with Crippen LogP contribution in [0.3, 0.4) is 0 Å². The third kappa shape index (κ3) is 647. The molecule has 0 spiro atoms. The zero-order valence-electron chi connectivity index (χ0n) is 48.7. The van der Waals surface area contributed by atoms with Crippen molar-refractivity contribution in [2.75, 3.05) is 20.3 Å². The third-order valence-electron chi connectivity index (χ3n) is 1.45. The SMILES string of the molecule is C=C.C=C.C=C.C=C.C=C.C=C.C=C.C=C.C=C.C=C.C=C.C=C.C=C.C=C.C=C.C=C.C=C.C=C.C=C.C=C.C=C.C=C.C=C.C=C.COOOOOOOOOOOOOOOOOOOOOOOOCC(C)(N)CO. The van der Waals surface area contributed by atoms with Crippen LogP contribution in [-0.4, -0.2) is 31.0 Å². The zero-order valence-corrected chi connectivity index (χ0v) is 48.7. The highest BCUT2D eigenvalue weighted by Crippen LogP contribution is 1.99. The van der Waals surface area contributed by atoms with Crippen LogP contribution >= 0.6 is 0 Å². The fourth-order valence-corrected chi connectivity index (χ4v) is 0.479. The summed E-state index contributed by atoms with van der Waals surface area (Å²) >= 11 is 0. The molecule has 0 fully saturated rings. The molecule has 0 aliphatic rings. The Morgan fingerprint density at radius 2 is 0.329 bits per heavy atom. The van der Waals surface area contributed by atoms with E-state index in [4.69, 9.17) is 10.8 Å². The van der Waals surface area contributed by atoms with Crippen molar-refractivity contribution < 1.29 is 126 Å². The Kier molecular flexibility index (Phi) is 1170. The first kappa shape index (κ1) is 164. The molecule has 0 bridgehead atoms. The van der Waals surface area contributed by atoms with Crippen LogP contribution in [0.5, 0.6) is 0 Å². The lowest BCUT2D eigenvalue weighted by Gasteiger charge is -2.18. The van der Waals surface area contributed by atoms with Crippen molar-refractivity contribution >= 4 is 0 Å². The van der Waals surface area contributed by atoms with Crippen molar-refractivity contribution in [1.82, 2.24) is 0 Å². The lowest BCUT2D eigenvalue weighted by Crippen LogP contribution is -2.44. The molecule has 0 rings (SSSR count). The summed E-state index contributed by atoms with van der Waals surface area (Å²) in [5.41, 5.74) is 4.38. The summed E-state index contributed by atoms with van der Waals surface area (Å²) in [5.74, 6) is 0. The van der Waals surface area contributed by atoms with E-state index >= 15 is 0 Å². The summed E-state index contributed by atoms with van der Waals surface area (Å²) in [6.45, 7) is 145. The van der Waals surface area contributed by atoms with Crippen LogP contribution in [0.25, 0.3) is 0 Å². The van der Waals surface area contributed by atoms with Gasteiger partial charge in [-0.15, -0.1) is 316 Å². The second-order valence-electron chi connectivity index (χ2n) is 3.74. The van der Waals surface area contributed by atoms with Gasteiger partial charge in [0.1, 0.15) is 6.61 Å². The smallest absolute Gasteiger partial charge is 0.105 e.